The average Bonchev–Trinajstić information content (AvgIpc) is 2.29. The molecule has 3 nitrogen and oxygen atoms in total. The van der Waals surface area contributed by atoms with E-state index in [-0.39, 0.29) is 11.9 Å². The van der Waals surface area contributed by atoms with Crippen LogP contribution in [0.3, 0.4) is 0 Å². The summed E-state index contributed by atoms with van der Waals surface area (Å²) in [4.78, 5) is 0. The summed E-state index contributed by atoms with van der Waals surface area (Å²) in [6, 6.07) is 6.19. The maximum absolute atomic E-state index is 12.9. The maximum Gasteiger partial charge on any atom is 0.126 e. The quantitative estimate of drug-likeness (QED) is 0.708. The number of halogens is 1. The first-order valence-electron chi connectivity index (χ1n) is 5.84. The third-order valence-electron chi connectivity index (χ3n) is 2.27. The number of ether oxygens (including phenoxy) is 2. The largest absolute Gasteiger partial charge is 0.489 e. The Kier molecular flexibility index (Phi) is 6.58. The molecule has 0 fully saturated rings. The van der Waals surface area contributed by atoms with E-state index in [9.17, 15) is 4.39 Å². The molecule has 1 aromatic rings. The lowest BCUT2D eigenvalue weighted by atomic mass is 10.3. The summed E-state index contributed by atoms with van der Waals surface area (Å²) in [7, 11) is 1.69. The molecule has 0 heterocycles. The van der Waals surface area contributed by atoms with Gasteiger partial charge in [-0.15, -0.1) is 0 Å². The second-order valence-corrected chi connectivity index (χ2v) is 3.94. The van der Waals surface area contributed by atoms with Gasteiger partial charge in [0.2, 0.25) is 0 Å². The molecule has 0 radical (unpaired) electrons. The lowest BCUT2D eigenvalue weighted by molar-refractivity contribution is 0.188. The Morgan fingerprint density at radius 3 is 2.94 bits per heavy atom. The van der Waals surface area contributed by atoms with Crippen LogP contribution in [0.1, 0.15) is 13.3 Å². The van der Waals surface area contributed by atoms with E-state index in [4.69, 9.17) is 9.47 Å². The molecule has 1 atom stereocenters. The lowest BCUT2D eigenvalue weighted by Gasteiger charge is -2.15. The van der Waals surface area contributed by atoms with Crippen LogP contribution in [0, 0.1) is 5.82 Å². The standard InChI is InChI=1S/C13H20FNO2/c1-11(10-15-7-4-8-16-2)17-13-6-3-5-12(14)9-13/h3,5-6,9,11,15H,4,7-8,10H2,1-2H3. The summed E-state index contributed by atoms with van der Waals surface area (Å²) >= 11 is 0. The zero-order chi connectivity index (χ0) is 12.5. The molecule has 1 rings (SSSR count). The molecular formula is C13H20FNO2. The SMILES string of the molecule is COCCCNCC(C)Oc1cccc(F)c1. The van der Waals surface area contributed by atoms with Crippen LogP contribution in [-0.2, 0) is 4.74 Å². The highest BCUT2D eigenvalue weighted by atomic mass is 19.1. The maximum atomic E-state index is 12.9. The second kappa shape index (κ2) is 8.03. The van der Waals surface area contributed by atoms with Gasteiger partial charge in [-0.1, -0.05) is 6.07 Å². The second-order valence-electron chi connectivity index (χ2n) is 3.94. The smallest absolute Gasteiger partial charge is 0.126 e. The van der Waals surface area contributed by atoms with Gasteiger partial charge in [-0.3, -0.25) is 0 Å². The summed E-state index contributed by atoms with van der Waals surface area (Å²) in [5.41, 5.74) is 0. The van der Waals surface area contributed by atoms with Gasteiger partial charge in [0, 0.05) is 26.3 Å². The molecule has 0 saturated heterocycles. The van der Waals surface area contributed by atoms with Crippen LogP contribution in [0.2, 0.25) is 0 Å². The first-order chi connectivity index (χ1) is 8.22. The van der Waals surface area contributed by atoms with Crippen molar-refractivity contribution in [3.05, 3.63) is 30.1 Å². The van der Waals surface area contributed by atoms with Gasteiger partial charge in [-0.05, 0) is 32.0 Å². The minimum Gasteiger partial charge on any atom is -0.489 e. The number of nitrogens with one attached hydrogen (secondary N) is 1. The topological polar surface area (TPSA) is 30.5 Å². The fourth-order valence-electron chi connectivity index (χ4n) is 1.46. The van der Waals surface area contributed by atoms with Crippen molar-refractivity contribution in [2.24, 2.45) is 0 Å². The fourth-order valence-corrected chi connectivity index (χ4v) is 1.46. The van der Waals surface area contributed by atoms with Crippen molar-refractivity contribution in [3.63, 3.8) is 0 Å². The Morgan fingerprint density at radius 2 is 2.24 bits per heavy atom. The van der Waals surface area contributed by atoms with Crippen molar-refractivity contribution in [3.8, 4) is 5.75 Å². The molecule has 1 N–H and O–H groups in total. The first kappa shape index (κ1) is 13.9. The Bertz CT molecular complexity index is 320. The first-order valence-corrected chi connectivity index (χ1v) is 5.84. The summed E-state index contributed by atoms with van der Waals surface area (Å²) in [5, 5.41) is 3.26. The van der Waals surface area contributed by atoms with Crippen LogP contribution in [0.25, 0.3) is 0 Å². The summed E-state index contributed by atoms with van der Waals surface area (Å²) in [5.74, 6) is 0.291. The molecule has 0 bridgehead atoms. The fraction of sp³-hybridized carbons (Fsp3) is 0.538. The van der Waals surface area contributed by atoms with Crippen LogP contribution in [0.15, 0.2) is 24.3 Å². The molecule has 0 aliphatic carbocycles. The van der Waals surface area contributed by atoms with Gasteiger partial charge in [0.05, 0.1) is 0 Å². The predicted molar refractivity (Wildman–Crippen MR) is 65.9 cm³/mol. The molecule has 1 unspecified atom stereocenters. The van der Waals surface area contributed by atoms with E-state index < -0.39 is 0 Å². The van der Waals surface area contributed by atoms with Gasteiger partial charge in [0.25, 0.3) is 0 Å². The van der Waals surface area contributed by atoms with Crippen molar-refractivity contribution in [2.75, 3.05) is 26.8 Å². The van der Waals surface area contributed by atoms with Crippen LogP contribution in [0.4, 0.5) is 4.39 Å². The Hall–Kier alpha value is -1.13. The molecule has 0 spiro atoms. The van der Waals surface area contributed by atoms with Crippen molar-refractivity contribution in [1.29, 1.82) is 0 Å². The van der Waals surface area contributed by atoms with E-state index in [1.807, 2.05) is 6.92 Å². The number of rotatable bonds is 8. The minimum absolute atomic E-state index is 0.0133. The number of benzene rings is 1. The van der Waals surface area contributed by atoms with Crippen molar-refractivity contribution >= 4 is 0 Å². The van der Waals surface area contributed by atoms with Crippen molar-refractivity contribution < 1.29 is 13.9 Å². The van der Waals surface area contributed by atoms with Crippen LogP contribution < -0.4 is 10.1 Å². The van der Waals surface area contributed by atoms with E-state index in [1.54, 1.807) is 19.2 Å². The zero-order valence-corrected chi connectivity index (χ0v) is 10.4. The van der Waals surface area contributed by atoms with Crippen LogP contribution >= 0.6 is 0 Å². The Labute approximate surface area is 102 Å². The van der Waals surface area contributed by atoms with Crippen molar-refractivity contribution in [2.45, 2.75) is 19.4 Å². The number of hydrogen-bond acceptors (Lipinski definition) is 3. The molecule has 17 heavy (non-hydrogen) atoms. The predicted octanol–water partition coefficient (Wildman–Crippen LogP) is 2.22. The highest BCUT2D eigenvalue weighted by molar-refractivity contribution is 5.22. The summed E-state index contributed by atoms with van der Waals surface area (Å²) < 4.78 is 23.4. The van der Waals surface area contributed by atoms with E-state index >= 15 is 0 Å². The zero-order valence-electron chi connectivity index (χ0n) is 10.4. The lowest BCUT2D eigenvalue weighted by Crippen LogP contribution is -2.30. The van der Waals surface area contributed by atoms with Gasteiger partial charge >= 0.3 is 0 Å². The molecule has 0 aliphatic heterocycles. The molecule has 1 aromatic carbocycles. The normalized spacial score (nSPS) is 12.4. The van der Waals surface area contributed by atoms with E-state index in [0.29, 0.717) is 5.75 Å². The van der Waals surface area contributed by atoms with Gasteiger partial charge in [-0.2, -0.15) is 0 Å². The molecule has 0 aliphatic rings. The molecule has 0 saturated carbocycles. The highest BCUT2D eigenvalue weighted by Gasteiger charge is 2.03. The molecule has 0 amide bonds. The molecule has 4 heteroatoms. The molecule has 96 valence electrons. The van der Waals surface area contributed by atoms with Crippen LogP contribution in [-0.4, -0.2) is 32.9 Å². The van der Waals surface area contributed by atoms with E-state index in [2.05, 4.69) is 5.32 Å². The third kappa shape index (κ3) is 6.24. The van der Waals surface area contributed by atoms with Gasteiger partial charge in [-0.25, -0.2) is 4.39 Å². The van der Waals surface area contributed by atoms with Gasteiger partial charge < -0.3 is 14.8 Å². The average molecular weight is 241 g/mol. The van der Waals surface area contributed by atoms with E-state index in [1.165, 1.54) is 12.1 Å². The number of methoxy groups -OCH3 is 1. The van der Waals surface area contributed by atoms with E-state index in [0.717, 1.165) is 26.1 Å². The van der Waals surface area contributed by atoms with Gasteiger partial charge in [0.1, 0.15) is 17.7 Å². The summed E-state index contributed by atoms with van der Waals surface area (Å²) in [6.07, 6.45) is 0.989. The monoisotopic (exact) mass is 241 g/mol. The van der Waals surface area contributed by atoms with Gasteiger partial charge in [0.15, 0.2) is 0 Å². The molecule has 0 aromatic heterocycles. The minimum atomic E-state index is -0.275. The third-order valence-corrected chi connectivity index (χ3v) is 2.27. The van der Waals surface area contributed by atoms with Crippen LogP contribution in [0.5, 0.6) is 5.75 Å². The highest BCUT2D eigenvalue weighted by Crippen LogP contribution is 2.13. The Balaban J connectivity index is 2.18. The summed E-state index contributed by atoms with van der Waals surface area (Å²) in [6.45, 7) is 4.34. The van der Waals surface area contributed by atoms with Crippen molar-refractivity contribution in [1.82, 2.24) is 5.32 Å². The molecular weight excluding hydrogens is 221 g/mol. The Morgan fingerprint density at radius 1 is 1.41 bits per heavy atom. The number of hydrogen-bond donors (Lipinski definition) is 1.